The highest BCUT2D eigenvalue weighted by molar-refractivity contribution is 8.87. The summed E-state index contributed by atoms with van der Waals surface area (Å²) in [5.74, 6) is 0. The molecule has 0 N–H and O–H groups in total. The summed E-state index contributed by atoms with van der Waals surface area (Å²) in [6, 6.07) is 0. The molecule has 1 aromatic heterocycles. The van der Waals surface area contributed by atoms with E-state index < -0.39 is 9.06 Å². The van der Waals surface area contributed by atoms with Crippen molar-refractivity contribution in [3.8, 4) is 0 Å². The van der Waals surface area contributed by atoms with Crippen molar-refractivity contribution in [3.05, 3.63) is 12.7 Å². The van der Waals surface area contributed by atoms with Gasteiger partial charge in [-0.05, 0) is 12.5 Å². The van der Waals surface area contributed by atoms with E-state index in [4.69, 9.17) is 4.42 Å². The Bertz CT molecular complexity index is 177. The minimum atomic E-state index is -0.970. The van der Waals surface area contributed by atoms with Crippen molar-refractivity contribution in [2.75, 3.05) is 12.5 Å². The van der Waals surface area contributed by atoms with E-state index >= 15 is 0 Å². The van der Waals surface area contributed by atoms with Crippen LogP contribution in [0.2, 0.25) is 0 Å². The Balaban J connectivity index is 2.90. The Morgan fingerprint density at radius 2 is 2.33 bits per heavy atom. The Hall–Kier alpha value is -0.0900. The molecular weight excluding hydrogens is 154 g/mol. The third-order valence-electron chi connectivity index (χ3n) is 0.921. The predicted octanol–water partition coefficient (Wildman–Crippen LogP) is 1.94. The number of thiol groups is 1. The Morgan fingerprint density at radius 3 is 2.56 bits per heavy atom. The molecule has 2 nitrogen and oxygen atoms in total. The van der Waals surface area contributed by atoms with E-state index in [0.717, 1.165) is 5.03 Å². The summed E-state index contributed by atoms with van der Waals surface area (Å²) in [7, 11) is -0.970. The molecule has 0 amide bonds. The molecule has 0 saturated heterocycles. The normalized spacial score (nSPS) is 13.7. The van der Waals surface area contributed by atoms with Gasteiger partial charge in [0.1, 0.15) is 11.3 Å². The van der Waals surface area contributed by atoms with E-state index in [9.17, 15) is 0 Å². The van der Waals surface area contributed by atoms with Crippen molar-refractivity contribution >= 4 is 20.7 Å². The van der Waals surface area contributed by atoms with Gasteiger partial charge in [-0.15, -0.1) is 11.7 Å². The van der Waals surface area contributed by atoms with E-state index in [1.54, 1.807) is 6.26 Å². The Morgan fingerprint density at radius 1 is 1.67 bits per heavy atom. The minimum absolute atomic E-state index is 0.950. The smallest absolute Gasteiger partial charge is 0.181 e. The standard InChI is InChI=1S/C5H9NOS2/c1-9(2,8)5-3-7-4-6-5/h3-4,8H,1-2H3. The highest BCUT2D eigenvalue weighted by Gasteiger charge is 2.10. The quantitative estimate of drug-likeness (QED) is 0.506. The molecule has 0 radical (unpaired) electrons. The average Bonchev–Trinajstić information content (AvgIpc) is 2.08. The van der Waals surface area contributed by atoms with Gasteiger partial charge in [-0.2, -0.15) is 9.06 Å². The first kappa shape index (κ1) is 7.02. The SMILES string of the molecule is CS(C)(S)c1cocn1. The highest BCUT2D eigenvalue weighted by Crippen LogP contribution is 2.51. The largest absolute Gasteiger partial charge is 0.451 e. The number of hydrogen-bond donors (Lipinski definition) is 1. The molecule has 0 aromatic carbocycles. The van der Waals surface area contributed by atoms with E-state index in [-0.39, 0.29) is 0 Å². The third-order valence-corrected chi connectivity index (χ3v) is 2.71. The third kappa shape index (κ3) is 1.66. The summed E-state index contributed by atoms with van der Waals surface area (Å²) in [6.07, 6.45) is 7.17. The maximum Gasteiger partial charge on any atom is 0.181 e. The van der Waals surface area contributed by atoms with Gasteiger partial charge < -0.3 is 4.42 Å². The lowest BCUT2D eigenvalue weighted by Crippen LogP contribution is -1.85. The first-order valence-corrected chi connectivity index (χ1v) is 5.95. The second-order valence-electron chi connectivity index (χ2n) is 2.10. The summed E-state index contributed by atoms with van der Waals surface area (Å²) in [5, 5.41) is 0.950. The van der Waals surface area contributed by atoms with Gasteiger partial charge in [0.2, 0.25) is 0 Å². The molecule has 0 aliphatic heterocycles. The van der Waals surface area contributed by atoms with Crippen LogP contribution in [0.5, 0.6) is 0 Å². The van der Waals surface area contributed by atoms with Gasteiger partial charge in [-0.1, -0.05) is 0 Å². The molecular formula is C5H9NOS2. The molecule has 0 saturated carbocycles. The monoisotopic (exact) mass is 163 g/mol. The van der Waals surface area contributed by atoms with Crippen molar-refractivity contribution < 1.29 is 4.42 Å². The minimum Gasteiger partial charge on any atom is -0.451 e. The zero-order valence-electron chi connectivity index (χ0n) is 5.37. The first-order chi connectivity index (χ1) is 4.11. The van der Waals surface area contributed by atoms with Gasteiger partial charge >= 0.3 is 0 Å². The summed E-state index contributed by atoms with van der Waals surface area (Å²) >= 11 is 4.37. The van der Waals surface area contributed by atoms with Crippen LogP contribution in [0.4, 0.5) is 0 Å². The van der Waals surface area contributed by atoms with Crippen LogP contribution in [0.1, 0.15) is 0 Å². The van der Waals surface area contributed by atoms with Gasteiger partial charge in [0.25, 0.3) is 0 Å². The lowest BCUT2D eigenvalue weighted by molar-refractivity contribution is 0.555. The number of rotatable bonds is 1. The molecule has 0 fully saturated rings. The van der Waals surface area contributed by atoms with Crippen LogP contribution < -0.4 is 0 Å². The van der Waals surface area contributed by atoms with Crippen molar-refractivity contribution in [1.29, 1.82) is 0 Å². The van der Waals surface area contributed by atoms with Gasteiger partial charge in [-0.25, -0.2) is 4.98 Å². The molecule has 0 aliphatic rings. The van der Waals surface area contributed by atoms with Crippen molar-refractivity contribution in [2.24, 2.45) is 0 Å². The van der Waals surface area contributed by atoms with Crippen LogP contribution in [0, 0.1) is 0 Å². The topological polar surface area (TPSA) is 26.0 Å². The highest BCUT2D eigenvalue weighted by atomic mass is 33.1. The summed E-state index contributed by atoms with van der Waals surface area (Å²) in [4.78, 5) is 3.98. The fourth-order valence-corrected chi connectivity index (χ4v) is 1.31. The molecule has 1 aromatic rings. The summed E-state index contributed by atoms with van der Waals surface area (Å²) < 4.78 is 4.80. The first-order valence-electron chi connectivity index (χ1n) is 2.45. The second-order valence-corrected chi connectivity index (χ2v) is 7.80. The number of hydrogen-bond acceptors (Lipinski definition) is 3. The average molecular weight is 163 g/mol. The lowest BCUT2D eigenvalue weighted by Gasteiger charge is -2.18. The zero-order valence-corrected chi connectivity index (χ0v) is 7.08. The maximum atomic E-state index is 4.80. The van der Waals surface area contributed by atoms with Crippen molar-refractivity contribution in [1.82, 2.24) is 4.98 Å². The molecule has 0 atom stereocenters. The van der Waals surface area contributed by atoms with E-state index in [1.807, 2.05) is 12.5 Å². The zero-order chi connectivity index (χ0) is 6.91. The van der Waals surface area contributed by atoms with Gasteiger partial charge in [0.05, 0.1) is 0 Å². The Labute approximate surface area is 60.8 Å². The van der Waals surface area contributed by atoms with Crippen molar-refractivity contribution in [2.45, 2.75) is 5.03 Å². The van der Waals surface area contributed by atoms with Gasteiger partial charge in [0, 0.05) is 0 Å². The van der Waals surface area contributed by atoms with Crippen molar-refractivity contribution in [3.63, 3.8) is 0 Å². The molecule has 1 rings (SSSR count). The Kier molecular flexibility index (Phi) is 1.77. The van der Waals surface area contributed by atoms with Gasteiger partial charge in [0.15, 0.2) is 6.39 Å². The van der Waals surface area contributed by atoms with Crippen LogP contribution in [0.15, 0.2) is 22.1 Å². The molecule has 4 heteroatoms. The lowest BCUT2D eigenvalue weighted by atomic mass is 11.0. The molecule has 0 spiro atoms. The van der Waals surface area contributed by atoms with E-state index in [0.29, 0.717) is 0 Å². The van der Waals surface area contributed by atoms with Gasteiger partial charge in [-0.3, -0.25) is 0 Å². The molecule has 1 heterocycles. The van der Waals surface area contributed by atoms with Crippen LogP contribution in [0.3, 0.4) is 0 Å². The molecule has 9 heavy (non-hydrogen) atoms. The van der Waals surface area contributed by atoms with Crippen LogP contribution in [0.25, 0.3) is 0 Å². The van der Waals surface area contributed by atoms with Crippen LogP contribution in [-0.2, 0) is 0 Å². The van der Waals surface area contributed by atoms with Crippen LogP contribution >= 0.6 is 20.7 Å². The molecule has 0 bridgehead atoms. The molecule has 0 unspecified atom stereocenters. The maximum absolute atomic E-state index is 4.80. The predicted molar refractivity (Wildman–Crippen MR) is 43.2 cm³/mol. The fourth-order valence-electron chi connectivity index (χ4n) is 0.448. The number of aromatic nitrogens is 1. The number of nitrogens with zero attached hydrogens (tertiary/aromatic N) is 1. The molecule has 0 aliphatic carbocycles. The van der Waals surface area contributed by atoms with E-state index in [2.05, 4.69) is 16.6 Å². The second kappa shape index (κ2) is 2.27. The van der Waals surface area contributed by atoms with E-state index in [1.165, 1.54) is 6.39 Å². The summed E-state index contributed by atoms with van der Waals surface area (Å²) in [5.41, 5.74) is 0. The summed E-state index contributed by atoms with van der Waals surface area (Å²) in [6.45, 7) is 0. The fraction of sp³-hybridized carbons (Fsp3) is 0.400. The van der Waals surface area contributed by atoms with Crippen LogP contribution in [-0.4, -0.2) is 17.5 Å². The number of oxazole rings is 1. The molecule has 52 valence electrons.